The molecule has 0 fully saturated rings. The highest BCUT2D eigenvalue weighted by Gasteiger charge is 2.19. The number of halogens is 3. The van der Waals surface area contributed by atoms with Crippen molar-refractivity contribution in [2.24, 2.45) is 0 Å². The van der Waals surface area contributed by atoms with E-state index in [0.717, 1.165) is 0 Å². The molecule has 0 bridgehead atoms. The zero-order valence-corrected chi connectivity index (χ0v) is 4.85. The summed E-state index contributed by atoms with van der Waals surface area (Å²) in [6.45, 7) is -0.868. The van der Waals surface area contributed by atoms with E-state index < -0.39 is 25.2 Å². The summed E-state index contributed by atoms with van der Waals surface area (Å²) in [5.41, 5.74) is 0. The molecule has 0 aliphatic rings. The molecule has 0 saturated heterocycles. The van der Waals surface area contributed by atoms with Crippen LogP contribution < -0.4 is 5.32 Å². The maximum absolute atomic E-state index is 11.8. The van der Waals surface area contributed by atoms with Gasteiger partial charge in [0.25, 0.3) is 6.43 Å². The highest BCUT2D eigenvalue weighted by Crippen LogP contribution is 2.02. The summed E-state index contributed by atoms with van der Waals surface area (Å²) in [5.74, 6) is 0. The van der Waals surface area contributed by atoms with E-state index in [1.165, 1.54) is 5.32 Å². The number of rotatable bonds is 3. The Labute approximate surface area is 54.8 Å². The van der Waals surface area contributed by atoms with Crippen LogP contribution in [0.25, 0.3) is 0 Å². The number of hydrogen-bond acceptors (Lipinski definition) is 1. The summed E-state index contributed by atoms with van der Waals surface area (Å²) in [6.07, 6.45) is -7.06. The lowest BCUT2D eigenvalue weighted by Gasteiger charge is -2.04. The second-order valence-electron chi connectivity index (χ2n) is 1.54. The number of amides is 1. The predicted molar refractivity (Wildman–Crippen MR) is 26.9 cm³/mol. The molecule has 0 heterocycles. The van der Waals surface area contributed by atoms with Crippen molar-refractivity contribution in [3.63, 3.8) is 0 Å². The third kappa shape index (κ3) is 3.99. The molecule has 0 rings (SSSR count). The second-order valence-corrected chi connectivity index (χ2v) is 1.54. The average Bonchev–Trinajstić information content (AvgIpc) is 1.82. The standard InChI is InChI=1S/C4H6F3NO2/c5-2(3(6)7)1-8-4(9)10/h2-3,8H,1H2,(H,9,10). The molecule has 0 aromatic rings. The summed E-state index contributed by atoms with van der Waals surface area (Å²) in [4.78, 5) is 9.60. The first-order chi connectivity index (χ1) is 4.54. The quantitative estimate of drug-likeness (QED) is 0.638. The number of carboxylic acid groups (broad SMARTS) is 1. The molecule has 3 nitrogen and oxygen atoms in total. The summed E-state index contributed by atoms with van der Waals surface area (Å²) >= 11 is 0. The fourth-order valence-electron chi connectivity index (χ4n) is 0.274. The Morgan fingerprint density at radius 3 is 2.30 bits per heavy atom. The Kier molecular flexibility index (Phi) is 3.60. The summed E-state index contributed by atoms with van der Waals surface area (Å²) in [6, 6.07) is 0. The van der Waals surface area contributed by atoms with Crippen molar-refractivity contribution in [1.29, 1.82) is 0 Å². The molecule has 0 saturated carbocycles. The summed E-state index contributed by atoms with van der Waals surface area (Å²) in [7, 11) is 0. The van der Waals surface area contributed by atoms with Crippen LogP contribution in [-0.4, -0.2) is 30.3 Å². The van der Waals surface area contributed by atoms with E-state index in [1.54, 1.807) is 0 Å². The van der Waals surface area contributed by atoms with Gasteiger partial charge in [-0.1, -0.05) is 0 Å². The van der Waals surface area contributed by atoms with Gasteiger partial charge in [0, 0.05) is 0 Å². The SMILES string of the molecule is O=C(O)NCC(F)C(F)F. The molecule has 1 amide bonds. The average molecular weight is 157 g/mol. The van der Waals surface area contributed by atoms with Crippen molar-refractivity contribution in [2.45, 2.75) is 12.6 Å². The third-order valence-electron chi connectivity index (χ3n) is 0.722. The first-order valence-corrected chi connectivity index (χ1v) is 2.43. The normalized spacial score (nSPS) is 13.2. The van der Waals surface area contributed by atoms with E-state index in [9.17, 15) is 18.0 Å². The number of carbonyl (C=O) groups is 1. The first kappa shape index (κ1) is 9.06. The molecule has 60 valence electrons. The van der Waals surface area contributed by atoms with Crippen molar-refractivity contribution >= 4 is 6.09 Å². The van der Waals surface area contributed by atoms with Crippen LogP contribution in [0.3, 0.4) is 0 Å². The van der Waals surface area contributed by atoms with Crippen LogP contribution in [-0.2, 0) is 0 Å². The highest BCUT2D eigenvalue weighted by atomic mass is 19.3. The van der Waals surface area contributed by atoms with Crippen LogP contribution in [0.1, 0.15) is 0 Å². The minimum atomic E-state index is -3.13. The van der Waals surface area contributed by atoms with Gasteiger partial charge in [-0.15, -0.1) is 0 Å². The molecule has 0 aliphatic heterocycles. The topological polar surface area (TPSA) is 49.3 Å². The van der Waals surface area contributed by atoms with Crippen LogP contribution in [0.2, 0.25) is 0 Å². The Morgan fingerprint density at radius 2 is 2.00 bits per heavy atom. The molecule has 6 heteroatoms. The van der Waals surface area contributed by atoms with Crippen molar-refractivity contribution in [3.05, 3.63) is 0 Å². The Morgan fingerprint density at radius 1 is 1.50 bits per heavy atom. The van der Waals surface area contributed by atoms with Crippen molar-refractivity contribution in [3.8, 4) is 0 Å². The highest BCUT2D eigenvalue weighted by molar-refractivity contribution is 5.64. The molecular formula is C4H6F3NO2. The minimum Gasteiger partial charge on any atom is -0.465 e. The molecule has 1 atom stereocenters. The third-order valence-corrected chi connectivity index (χ3v) is 0.722. The fraction of sp³-hybridized carbons (Fsp3) is 0.750. The van der Waals surface area contributed by atoms with Crippen LogP contribution in [0.5, 0.6) is 0 Å². The van der Waals surface area contributed by atoms with Crippen LogP contribution >= 0.6 is 0 Å². The van der Waals surface area contributed by atoms with Gasteiger partial charge in [0.05, 0.1) is 6.54 Å². The molecule has 10 heavy (non-hydrogen) atoms. The lowest BCUT2D eigenvalue weighted by molar-refractivity contribution is 0.0503. The van der Waals surface area contributed by atoms with E-state index in [1.807, 2.05) is 0 Å². The predicted octanol–water partition coefficient (Wildman–Crippen LogP) is 0.857. The largest absolute Gasteiger partial charge is 0.465 e. The van der Waals surface area contributed by atoms with Crippen molar-refractivity contribution in [2.75, 3.05) is 6.54 Å². The molecule has 0 aliphatic carbocycles. The molecular weight excluding hydrogens is 151 g/mol. The smallest absolute Gasteiger partial charge is 0.404 e. The zero-order chi connectivity index (χ0) is 8.15. The molecule has 0 radical (unpaired) electrons. The van der Waals surface area contributed by atoms with Gasteiger partial charge in [0.15, 0.2) is 6.17 Å². The lowest BCUT2D eigenvalue weighted by atomic mass is 10.4. The van der Waals surface area contributed by atoms with E-state index >= 15 is 0 Å². The maximum atomic E-state index is 11.8. The van der Waals surface area contributed by atoms with Crippen LogP contribution in [0.15, 0.2) is 0 Å². The van der Waals surface area contributed by atoms with E-state index in [0.29, 0.717) is 0 Å². The second kappa shape index (κ2) is 3.97. The van der Waals surface area contributed by atoms with Gasteiger partial charge >= 0.3 is 6.09 Å². The van der Waals surface area contributed by atoms with Gasteiger partial charge in [-0.2, -0.15) is 0 Å². The van der Waals surface area contributed by atoms with Gasteiger partial charge in [-0.25, -0.2) is 18.0 Å². The summed E-state index contributed by atoms with van der Waals surface area (Å²) < 4.78 is 34.4. The minimum absolute atomic E-state index is 0.868. The van der Waals surface area contributed by atoms with E-state index in [2.05, 4.69) is 0 Å². The van der Waals surface area contributed by atoms with Crippen LogP contribution in [0, 0.1) is 0 Å². The van der Waals surface area contributed by atoms with Gasteiger partial charge < -0.3 is 10.4 Å². The summed E-state index contributed by atoms with van der Waals surface area (Å²) in [5, 5.41) is 9.31. The monoisotopic (exact) mass is 157 g/mol. The van der Waals surface area contributed by atoms with Gasteiger partial charge in [0.1, 0.15) is 0 Å². The van der Waals surface area contributed by atoms with Gasteiger partial charge in [0.2, 0.25) is 0 Å². The van der Waals surface area contributed by atoms with Gasteiger partial charge in [-0.05, 0) is 0 Å². The molecule has 1 unspecified atom stereocenters. The van der Waals surface area contributed by atoms with Crippen molar-refractivity contribution in [1.82, 2.24) is 5.32 Å². The Balaban J connectivity index is 3.39. The number of nitrogens with one attached hydrogen (secondary N) is 1. The maximum Gasteiger partial charge on any atom is 0.404 e. The molecule has 0 aromatic heterocycles. The Bertz CT molecular complexity index is 119. The van der Waals surface area contributed by atoms with E-state index in [-0.39, 0.29) is 0 Å². The van der Waals surface area contributed by atoms with Gasteiger partial charge in [-0.3, -0.25) is 0 Å². The molecule has 0 spiro atoms. The molecule has 2 N–H and O–H groups in total. The van der Waals surface area contributed by atoms with Crippen molar-refractivity contribution < 1.29 is 23.1 Å². The fourth-order valence-corrected chi connectivity index (χ4v) is 0.274. The number of hydrogen-bond donors (Lipinski definition) is 2. The lowest BCUT2D eigenvalue weighted by Crippen LogP contribution is -2.32. The van der Waals surface area contributed by atoms with E-state index in [4.69, 9.17) is 5.11 Å². The number of alkyl halides is 3. The first-order valence-electron chi connectivity index (χ1n) is 2.43. The zero-order valence-electron chi connectivity index (χ0n) is 4.85. The molecule has 0 aromatic carbocycles. The van der Waals surface area contributed by atoms with Crippen LogP contribution in [0.4, 0.5) is 18.0 Å². The Hall–Kier alpha value is -0.940.